The van der Waals surface area contributed by atoms with Crippen molar-refractivity contribution in [1.82, 2.24) is 0 Å². The van der Waals surface area contributed by atoms with Crippen LogP contribution in [-0.4, -0.2) is 45.3 Å². The summed E-state index contributed by atoms with van der Waals surface area (Å²) in [6.45, 7) is 6.49. The highest BCUT2D eigenvalue weighted by Crippen LogP contribution is 2.71. The molecule has 2 unspecified atom stereocenters. The lowest BCUT2D eigenvalue weighted by molar-refractivity contribution is -0.232. The third kappa shape index (κ3) is 2.01. The Balaban J connectivity index is 1.87. The first-order chi connectivity index (χ1) is 12.8. The minimum absolute atomic E-state index is 0.0567. The van der Waals surface area contributed by atoms with Gasteiger partial charge >= 0.3 is 0 Å². The van der Waals surface area contributed by atoms with Crippen molar-refractivity contribution in [3.8, 4) is 0 Å². The third-order valence-corrected chi connectivity index (χ3v) is 9.14. The van der Waals surface area contributed by atoms with E-state index in [4.69, 9.17) is 0 Å². The maximum Gasteiger partial charge on any atom is 0.162 e. The van der Waals surface area contributed by atoms with Gasteiger partial charge in [0.15, 0.2) is 11.6 Å². The van der Waals surface area contributed by atoms with Gasteiger partial charge in [-0.15, -0.1) is 0 Å². The second-order valence-corrected chi connectivity index (χ2v) is 10.2. The Morgan fingerprint density at radius 3 is 2.50 bits per heavy atom. The van der Waals surface area contributed by atoms with Crippen molar-refractivity contribution in [2.75, 3.05) is 0 Å². The van der Waals surface area contributed by atoms with Crippen molar-refractivity contribution in [2.45, 2.75) is 83.3 Å². The van der Waals surface area contributed by atoms with Crippen LogP contribution in [0.5, 0.6) is 0 Å². The minimum atomic E-state index is -2.09. The Hall–Kier alpha value is -1.14. The summed E-state index contributed by atoms with van der Waals surface area (Å²) in [6.07, 6.45) is -1.14. The van der Waals surface area contributed by atoms with Crippen LogP contribution in [0.4, 0.5) is 8.78 Å². The molecule has 9 atom stereocenters. The van der Waals surface area contributed by atoms with Gasteiger partial charge in [-0.05, 0) is 56.1 Å². The number of carbonyl (C=O) groups excluding carboxylic acids is 2. The van der Waals surface area contributed by atoms with Crippen LogP contribution in [0.15, 0.2) is 11.6 Å². The van der Waals surface area contributed by atoms with E-state index in [1.54, 1.807) is 20.8 Å². The van der Waals surface area contributed by atoms with Gasteiger partial charge < -0.3 is 10.2 Å². The van der Waals surface area contributed by atoms with Crippen molar-refractivity contribution in [1.29, 1.82) is 0 Å². The molecule has 0 amide bonds. The minimum Gasteiger partial charge on any atom is -0.390 e. The van der Waals surface area contributed by atoms with Gasteiger partial charge in [-0.3, -0.25) is 9.59 Å². The Morgan fingerprint density at radius 2 is 1.89 bits per heavy atom. The molecule has 0 heterocycles. The van der Waals surface area contributed by atoms with Gasteiger partial charge in [-0.2, -0.15) is 0 Å². The molecule has 0 aromatic rings. The summed E-state index contributed by atoms with van der Waals surface area (Å²) in [5.74, 6) is -2.22. The molecule has 3 fully saturated rings. The summed E-state index contributed by atoms with van der Waals surface area (Å²) in [5, 5.41) is 22.4. The molecule has 4 aliphatic rings. The zero-order chi connectivity index (χ0) is 20.9. The number of Topliss-reactive ketones (excluding diaryl/α,β-unsaturated/α-hetero) is 1. The van der Waals surface area contributed by atoms with Gasteiger partial charge in [-0.25, -0.2) is 8.78 Å². The molecule has 4 nitrogen and oxygen atoms in total. The number of carbonyl (C=O) groups is 2. The van der Waals surface area contributed by atoms with Crippen molar-refractivity contribution in [2.24, 2.45) is 28.6 Å². The molecule has 0 aromatic carbocycles. The number of alkyl halides is 2. The molecule has 156 valence electrons. The number of halogens is 2. The number of hydrogen-bond donors (Lipinski definition) is 2. The molecule has 4 aliphatic carbocycles. The molecule has 2 N–H and O–H groups in total. The summed E-state index contributed by atoms with van der Waals surface area (Å²) in [7, 11) is 0. The maximum absolute atomic E-state index is 16.9. The normalized spacial score (nSPS) is 55.8. The Bertz CT molecular complexity index is 780. The van der Waals surface area contributed by atoms with Crippen molar-refractivity contribution in [3.63, 3.8) is 0 Å². The number of ketones is 2. The summed E-state index contributed by atoms with van der Waals surface area (Å²) >= 11 is 0. The van der Waals surface area contributed by atoms with E-state index in [0.717, 1.165) is 0 Å². The number of aliphatic hydroxyl groups excluding tert-OH is 1. The maximum atomic E-state index is 16.9. The molecular weight excluding hydrogens is 366 g/mol. The Labute approximate surface area is 164 Å². The lowest BCUT2D eigenvalue weighted by atomic mass is 9.43. The van der Waals surface area contributed by atoms with Gasteiger partial charge in [0.2, 0.25) is 0 Å². The lowest BCUT2D eigenvalue weighted by Gasteiger charge is -2.63. The largest absolute Gasteiger partial charge is 0.390 e. The van der Waals surface area contributed by atoms with Crippen LogP contribution >= 0.6 is 0 Å². The highest BCUT2D eigenvalue weighted by atomic mass is 19.1. The van der Waals surface area contributed by atoms with E-state index >= 15 is 8.78 Å². The van der Waals surface area contributed by atoms with Crippen LogP contribution in [0.1, 0.15) is 59.8 Å². The molecule has 28 heavy (non-hydrogen) atoms. The monoisotopic (exact) mass is 396 g/mol. The van der Waals surface area contributed by atoms with Crippen LogP contribution in [0, 0.1) is 28.6 Å². The van der Waals surface area contributed by atoms with Crippen LogP contribution in [-0.2, 0) is 9.59 Å². The van der Waals surface area contributed by atoms with Crippen LogP contribution in [0.3, 0.4) is 0 Å². The van der Waals surface area contributed by atoms with Crippen molar-refractivity contribution >= 4 is 11.6 Å². The van der Waals surface area contributed by atoms with E-state index in [1.165, 1.54) is 13.0 Å². The van der Waals surface area contributed by atoms with Crippen LogP contribution < -0.4 is 0 Å². The van der Waals surface area contributed by atoms with Gasteiger partial charge in [0.1, 0.15) is 17.4 Å². The molecule has 0 radical (unpaired) electrons. The quantitative estimate of drug-likeness (QED) is 0.714. The van der Waals surface area contributed by atoms with E-state index in [1.807, 2.05) is 0 Å². The molecule has 6 heteroatoms. The number of allylic oxidation sites excluding steroid dienone is 1. The van der Waals surface area contributed by atoms with E-state index in [2.05, 4.69) is 0 Å². The molecule has 4 rings (SSSR count). The first kappa shape index (κ1) is 20.1. The predicted molar refractivity (Wildman–Crippen MR) is 98.9 cm³/mol. The topological polar surface area (TPSA) is 74.6 Å². The number of aliphatic hydroxyl groups is 2. The standard InChI is InChI=1S/C22H30F2O4/c1-11-7-14-15-9-17(23)16-8-13(26)5-6-19(16,3)21(15,24)18(27)10-20(14,4)22(11,28)12(2)25/h8,11,14-15,17-18,27-28H,5-7,9-10H2,1-4H3/t11-,14?,15?,17-,18-,19-,20-,21-,22-/m0/s1. The molecule has 0 aromatic heterocycles. The fourth-order valence-corrected chi connectivity index (χ4v) is 7.65. The van der Waals surface area contributed by atoms with E-state index in [0.29, 0.717) is 6.42 Å². The van der Waals surface area contributed by atoms with Crippen LogP contribution in [0.2, 0.25) is 0 Å². The zero-order valence-electron chi connectivity index (χ0n) is 17.0. The second-order valence-electron chi connectivity index (χ2n) is 10.2. The third-order valence-electron chi connectivity index (χ3n) is 9.14. The van der Waals surface area contributed by atoms with Gasteiger partial charge in [0.05, 0.1) is 6.10 Å². The van der Waals surface area contributed by atoms with Crippen molar-refractivity contribution in [3.05, 3.63) is 11.6 Å². The fourth-order valence-electron chi connectivity index (χ4n) is 7.65. The molecule has 0 bridgehead atoms. The molecular formula is C22H30F2O4. The number of fused-ring (bicyclic) bond motifs is 5. The zero-order valence-corrected chi connectivity index (χ0v) is 17.0. The lowest BCUT2D eigenvalue weighted by Crippen LogP contribution is -2.70. The summed E-state index contributed by atoms with van der Waals surface area (Å²) in [6, 6.07) is 0. The summed E-state index contributed by atoms with van der Waals surface area (Å²) in [4.78, 5) is 24.3. The first-order valence-electron chi connectivity index (χ1n) is 10.3. The predicted octanol–water partition coefficient (Wildman–Crippen LogP) is 3.10. The average Bonchev–Trinajstić information content (AvgIpc) is 2.81. The van der Waals surface area contributed by atoms with Gasteiger partial charge in [0.25, 0.3) is 0 Å². The highest BCUT2D eigenvalue weighted by Gasteiger charge is 2.76. The molecule has 0 spiro atoms. The van der Waals surface area contributed by atoms with E-state index in [-0.39, 0.29) is 42.8 Å². The number of hydrogen-bond acceptors (Lipinski definition) is 4. The van der Waals surface area contributed by atoms with Crippen LogP contribution in [0.25, 0.3) is 0 Å². The van der Waals surface area contributed by atoms with Crippen molar-refractivity contribution < 1.29 is 28.6 Å². The average molecular weight is 396 g/mol. The van der Waals surface area contributed by atoms with Gasteiger partial charge in [0, 0.05) is 23.2 Å². The van der Waals surface area contributed by atoms with E-state index in [9.17, 15) is 19.8 Å². The highest BCUT2D eigenvalue weighted by molar-refractivity contribution is 5.92. The number of rotatable bonds is 1. The van der Waals surface area contributed by atoms with E-state index < -0.39 is 52.1 Å². The summed E-state index contributed by atoms with van der Waals surface area (Å²) < 4.78 is 32.1. The Kier molecular flexibility index (Phi) is 4.12. The molecule has 3 saturated carbocycles. The SMILES string of the molecule is CC(=O)[C@@]1(O)[C@@H](C)CC2C3C[C@H](F)C4=CC(=O)CC[C@]4(C)[C@@]3(F)[C@@H](O)C[C@@]21C. The first-order valence-corrected chi connectivity index (χ1v) is 10.3. The molecule has 0 saturated heterocycles. The summed E-state index contributed by atoms with van der Waals surface area (Å²) in [5.41, 5.74) is -5.86. The second kappa shape index (κ2) is 5.72. The Morgan fingerprint density at radius 1 is 1.25 bits per heavy atom. The van der Waals surface area contributed by atoms with Gasteiger partial charge in [-0.1, -0.05) is 20.8 Å². The molecule has 0 aliphatic heterocycles. The smallest absolute Gasteiger partial charge is 0.162 e. The fraction of sp³-hybridized carbons (Fsp3) is 0.818.